The summed E-state index contributed by atoms with van der Waals surface area (Å²) in [5, 5.41) is 13.1. The molecule has 2 heterocycles. The van der Waals surface area contributed by atoms with Gasteiger partial charge in [-0.3, -0.25) is 4.79 Å². The first kappa shape index (κ1) is 18.1. The molecule has 0 radical (unpaired) electrons. The predicted molar refractivity (Wildman–Crippen MR) is 102 cm³/mol. The largest absolute Gasteiger partial charge is 0.506 e. The van der Waals surface area contributed by atoms with Gasteiger partial charge in [-0.2, -0.15) is 0 Å². The standard InChI is InChI=1S/C20H28N4O3/c25-17-8-4-3-7-16(17)23-13-11-22(12-14-23)15-24-18(26)20(21-19(24)27)9-5-1-2-6-10-20/h3-4,7-8,25H,1-2,5-6,9-15H2,(H,21,27)/p+1. The van der Waals surface area contributed by atoms with Crippen LogP contribution in [0, 0.1) is 0 Å². The molecule has 2 saturated heterocycles. The van der Waals surface area contributed by atoms with Crippen molar-refractivity contribution in [3.8, 4) is 5.75 Å². The molecule has 7 heteroatoms. The van der Waals surface area contributed by atoms with Crippen LogP contribution in [0.2, 0.25) is 0 Å². The Balaban J connectivity index is 1.37. The zero-order valence-electron chi connectivity index (χ0n) is 15.7. The molecule has 1 aliphatic carbocycles. The highest BCUT2D eigenvalue weighted by molar-refractivity contribution is 6.06. The van der Waals surface area contributed by atoms with Gasteiger partial charge in [0.1, 0.15) is 11.3 Å². The van der Waals surface area contributed by atoms with Crippen molar-refractivity contribution in [2.75, 3.05) is 37.7 Å². The minimum Gasteiger partial charge on any atom is -0.506 e. The number of carbonyl (C=O) groups excluding carboxylic acids is 2. The summed E-state index contributed by atoms with van der Waals surface area (Å²) < 4.78 is 0. The normalized spacial score (nSPS) is 23.6. The predicted octanol–water partition coefficient (Wildman–Crippen LogP) is 0.699. The number of urea groups is 1. The maximum atomic E-state index is 13.0. The fourth-order valence-corrected chi connectivity index (χ4v) is 4.67. The summed E-state index contributed by atoms with van der Waals surface area (Å²) in [5.74, 6) is 0.274. The number of rotatable bonds is 3. The number of quaternary nitrogens is 1. The van der Waals surface area contributed by atoms with Gasteiger partial charge in [-0.25, -0.2) is 9.69 Å². The quantitative estimate of drug-likeness (QED) is 0.682. The summed E-state index contributed by atoms with van der Waals surface area (Å²) >= 11 is 0. The summed E-state index contributed by atoms with van der Waals surface area (Å²) in [6.07, 6.45) is 5.84. The molecule has 0 atom stereocenters. The van der Waals surface area contributed by atoms with Crippen LogP contribution < -0.4 is 15.1 Å². The van der Waals surface area contributed by atoms with Gasteiger partial charge < -0.3 is 20.2 Å². The van der Waals surface area contributed by atoms with E-state index in [0.29, 0.717) is 12.4 Å². The van der Waals surface area contributed by atoms with Gasteiger partial charge in [-0.05, 0) is 25.0 Å². The van der Waals surface area contributed by atoms with Gasteiger partial charge >= 0.3 is 6.03 Å². The van der Waals surface area contributed by atoms with Crippen LogP contribution in [0.5, 0.6) is 5.75 Å². The van der Waals surface area contributed by atoms with Gasteiger partial charge in [0, 0.05) is 0 Å². The smallest absolute Gasteiger partial charge is 0.329 e. The van der Waals surface area contributed by atoms with Crippen molar-refractivity contribution in [1.82, 2.24) is 10.2 Å². The third-order valence-corrected chi connectivity index (χ3v) is 6.28. The third kappa shape index (κ3) is 3.48. The first-order chi connectivity index (χ1) is 13.1. The Labute approximate surface area is 159 Å². The SMILES string of the molecule is O=C1NC2(CCCCCC2)C(=O)N1C[NH+]1CCN(c2ccccc2O)CC1. The number of benzene rings is 1. The number of hydrogen-bond donors (Lipinski definition) is 3. The average Bonchev–Trinajstić information content (AvgIpc) is 2.84. The minimum absolute atomic E-state index is 0.0231. The molecule has 0 unspecified atom stereocenters. The number of carbonyl (C=O) groups is 2. The number of hydrogen-bond acceptors (Lipinski definition) is 4. The number of nitrogens with zero attached hydrogens (tertiary/aromatic N) is 2. The lowest BCUT2D eigenvalue weighted by molar-refractivity contribution is -0.907. The Morgan fingerprint density at radius 1 is 1.04 bits per heavy atom. The van der Waals surface area contributed by atoms with E-state index in [4.69, 9.17) is 0 Å². The van der Waals surface area contributed by atoms with Crippen LogP contribution in [0.15, 0.2) is 24.3 Å². The van der Waals surface area contributed by atoms with E-state index in [-0.39, 0.29) is 11.9 Å². The van der Waals surface area contributed by atoms with Crippen molar-refractivity contribution in [1.29, 1.82) is 0 Å². The number of piperazine rings is 1. The highest BCUT2D eigenvalue weighted by Gasteiger charge is 2.51. The second-order valence-corrected chi connectivity index (χ2v) is 8.04. The first-order valence-electron chi connectivity index (χ1n) is 10.1. The number of phenolic OH excluding ortho intramolecular Hbond substituents is 1. The Morgan fingerprint density at radius 2 is 1.70 bits per heavy atom. The molecule has 4 rings (SSSR count). The number of aromatic hydroxyl groups is 1. The molecule has 0 bridgehead atoms. The molecule has 3 N–H and O–H groups in total. The van der Waals surface area contributed by atoms with Crippen LogP contribution in [0.1, 0.15) is 38.5 Å². The van der Waals surface area contributed by atoms with Crippen LogP contribution in [0.3, 0.4) is 0 Å². The van der Waals surface area contributed by atoms with Crippen molar-refractivity contribution in [2.24, 2.45) is 0 Å². The molecule has 1 aromatic carbocycles. The molecule has 2 aliphatic heterocycles. The van der Waals surface area contributed by atoms with Crippen LogP contribution in [-0.4, -0.2) is 60.3 Å². The van der Waals surface area contributed by atoms with Gasteiger partial charge in [0.05, 0.1) is 31.9 Å². The van der Waals surface area contributed by atoms with Gasteiger partial charge in [0.2, 0.25) is 0 Å². The lowest BCUT2D eigenvalue weighted by Crippen LogP contribution is -3.16. The van der Waals surface area contributed by atoms with Crippen LogP contribution in [-0.2, 0) is 4.79 Å². The number of nitrogens with one attached hydrogen (secondary N) is 2. The zero-order chi connectivity index (χ0) is 18.9. The third-order valence-electron chi connectivity index (χ3n) is 6.28. The fraction of sp³-hybridized carbons (Fsp3) is 0.600. The second-order valence-electron chi connectivity index (χ2n) is 8.04. The summed E-state index contributed by atoms with van der Waals surface area (Å²) in [4.78, 5) is 30.4. The molecule has 1 aromatic rings. The number of amides is 3. The molecule has 3 aliphatic rings. The van der Waals surface area contributed by atoms with E-state index in [1.54, 1.807) is 6.07 Å². The summed E-state index contributed by atoms with van der Waals surface area (Å²) in [5.41, 5.74) is 0.203. The first-order valence-corrected chi connectivity index (χ1v) is 10.1. The molecule has 1 spiro atoms. The van der Waals surface area contributed by atoms with Gasteiger partial charge in [0.15, 0.2) is 6.67 Å². The van der Waals surface area contributed by atoms with E-state index in [2.05, 4.69) is 10.2 Å². The van der Waals surface area contributed by atoms with Crippen molar-refractivity contribution in [3.63, 3.8) is 0 Å². The average molecular weight is 373 g/mol. The molecule has 0 aromatic heterocycles. The van der Waals surface area contributed by atoms with Crippen LogP contribution >= 0.6 is 0 Å². The minimum atomic E-state index is -0.648. The van der Waals surface area contributed by atoms with Crippen LogP contribution in [0.25, 0.3) is 0 Å². The van der Waals surface area contributed by atoms with Crippen LogP contribution in [0.4, 0.5) is 10.5 Å². The summed E-state index contributed by atoms with van der Waals surface area (Å²) in [7, 11) is 0. The molecule has 3 fully saturated rings. The Kier molecular flexibility index (Phi) is 4.95. The topological polar surface area (TPSA) is 77.3 Å². The Bertz CT molecular complexity index is 707. The van der Waals surface area contributed by atoms with Crippen molar-refractivity contribution in [3.05, 3.63) is 24.3 Å². The number of imide groups is 1. The van der Waals surface area contributed by atoms with Crippen molar-refractivity contribution < 1.29 is 19.6 Å². The molecular weight excluding hydrogens is 344 g/mol. The lowest BCUT2D eigenvalue weighted by Gasteiger charge is -2.35. The zero-order valence-corrected chi connectivity index (χ0v) is 15.7. The monoisotopic (exact) mass is 373 g/mol. The van der Waals surface area contributed by atoms with Gasteiger partial charge in [-0.15, -0.1) is 0 Å². The maximum absolute atomic E-state index is 13.0. The molecular formula is C20H29N4O3+. The maximum Gasteiger partial charge on any atom is 0.329 e. The molecule has 3 amide bonds. The molecule has 7 nitrogen and oxygen atoms in total. The van der Waals surface area contributed by atoms with Gasteiger partial charge in [0.25, 0.3) is 5.91 Å². The van der Waals surface area contributed by atoms with E-state index < -0.39 is 5.54 Å². The molecule has 27 heavy (non-hydrogen) atoms. The van der Waals surface area contributed by atoms with E-state index in [0.717, 1.165) is 70.4 Å². The van der Waals surface area contributed by atoms with E-state index in [1.165, 1.54) is 9.80 Å². The van der Waals surface area contributed by atoms with E-state index >= 15 is 0 Å². The highest BCUT2D eigenvalue weighted by Crippen LogP contribution is 2.32. The van der Waals surface area contributed by atoms with E-state index in [9.17, 15) is 14.7 Å². The lowest BCUT2D eigenvalue weighted by atomic mass is 9.90. The highest BCUT2D eigenvalue weighted by atomic mass is 16.3. The Hall–Kier alpha value is -2.28. The fourth-order valence-electron chi connectivity index (χ4n) is 4.67. The summed E-state index contributed by atoms with van der Waals surface area (Å²) in [6.45, 7) is 3.68. The van der Waals surface area contributed by atoms with Crippen molar-refractivity contribution in [2.45, 2.75) is 44.1 Å². The van der Waals surface area contributed by atoms with Gasteiger partial charge in [-0.1, -0.05) is 37.8 Å². The molecule has 1 saturated carbocycles. The second kappa shape index (κ2) is 7.38. The number of para-hydroxylation sites is 2. The van der Waals surface area contributed by atoms with Crippen molar-refractivity contribution >= 4 is 17.6 Å². The molecule has 146 valence electrons. The number of anilines is 1. The summed E-state index contributed by atoms with van der Waals surface area (Å²) in [6, 6.07) is 7.15. The number of phenols is 1. The Morgan fingerprint density at radius 3 is 2.37 bits per heavy atom. The van der Waals surface area contributed by atoms with E-state index in [1.807, 2.05) is 18.2 Å².